The van der Waals surface area contributed by atoms with E-state index >= 15 is 0 Å². The van der Waals surface area contributed by atoms with Gasteiger partial charge < -0.3 is 4.90 Å². The maximum Gasteiger partial charge on any atom is 0.460 e. The van der Waals surface area contributed by atoms with Crippen molar-refractivity contribution in [1.29, 1.82) is 0 Å². The van der Waals surface area contributed by atoms with E-state index in [9.17, 15) is 47.9 Å². The Morgan fingerprint density at radius 3 is 2.08 bits per heavy atom. The van der Waals surface area contributed by atoms with E-state index in [1.165, 1.54) is 11.8 Å². The van der Waals surface area contributed by atoms with E-state index in [1.807, 2.05) is 31.2 Å². The fraction of sp³-hybridized carbons (Fsp3) is 0.579. The number of benzene rings is 1. The van der Waals surface area contributed by atoms with Crippen LogP contribution in [0.15, 0.2) is 24.3 Å². The van der Waals surface area contributed by atoms with Crippen LogP contribution in [0.2, 0.25) is 0 Å². The number of alkyl halides is 9. The first kappa shape index (κ1) is 28.4. The van der Waals surface area contributed by atoms with Gasteiger partial charge in [0.15, 0.2) is 0 Å². The quantitative estimate of drug-likeness (QED) is 0.452. The third kappa shape index (κ3) is 4.76. The van der Waals surface area contributed by atoms with E-state index in [1.54, 1.807) is 0 Å². The lowest BCUT2D eigenvalue weighted by Gasteiger charge is -2.41. The Kier molecular flexibility index (Phi) is 7.35. The Morgan fingerprint density at radius 1 is 0.972 bits per heavy atom. The molecule has 0 bridgehead atoms. The Bertz CT molecular complexity index is 1180. The lowest BCUT2D eigenvalue weighted by atomic mass is 10.1. The molecule has 17 heteroatoms. The second-order valence-corrected chi connectivity index (χ2v) is 10.9. The Morgan fingerprint density at radius 2 is 1.56 bits per heavy atom. The molecule has 0 radical (unpaired) electrons. The molecule has 1 aliphatic rings. The van der Waals surface area contributed by atoms with E-state index in [2.05, 4.69) is 9.36 Å². The van der Waals surface area contributed by atoms with Crippen LogP contribution < -0.4 is 4.90 Å². The van der Waals surface area contributed by atoms with Crippen molar-refractivity contribution in [3.8, 4) is 0 Å². The molecule has 3 rings (SSSR count). The number of hydrogen-bond donors (Lipinski definition) is 0. The van der Waals surface area contributed by atoms with Gasteiger partial charge in [-0.15, -0.1) is 0 Å². The minimum atomic E-state index is -7.30. The smallest absolute Gasteiger partial charge is 0.342 e. The lowest BCUT2D eigenvalue weighted by molar-refractivity contribution is -0.382. The highest BCUT2D eigenvalue weighted by molar-refractivity contribution is 7.90. The second kappa shape index (κ2) is 9.31. The molecular formula is C19H19F9N4O2S2. The number of aryl methyl sites for hydroxylation is 1. The minimum absolute atomic E-state index is 0.219. The average Bonchev–Trinajstić information content (AvgIpc) is 3.22. The van der Waals surface area contributed by atoms with Gasteiger partial charge in [-0.2, -0.15) is 48.2 Å². The average molecular weight is 571 g/mol. The van der Waals surface area contributed by atoms with Crippen molar-refractivity contribution >= 4 is 26.7 Å². The van der Waals surface area contributed by atoms with Crippen LogP contribution in [-0.4, -0.2) is 71.0 Å². The summed E-state index contributed by atoms with van der Waals surface area (Å²) >= 11 is 0.911. The molecule has 1 unspecified atom stereocenters. The summed E-state index contributed by atoms with van der Waals surface area (Å²) in [5.74, 6) is -14.2. The summed E-state index contributed by atoms with van der Waals surface area (Å²) < 4.78 is 148. The number of sulfonamides is 1. The number of hydrogen-bond acceptors (Lipinski definition) is 6. The van der Waals surface area contributed by atoms with Crippen molar-refractivity contribution < 1.29 is 47.9 Å². The summed E-state index contributed by atoms with van der Waals surface area (Å²) in [5.41, 5.74) is 1.94. The van der Waals surface area contributed by atoms with Crippen LogP contribution in [0.4, 0.5) is 44.6 Å². The van der Waals surface area contributed by atoms with Gasteiger partial charge in [-0.1, -0.05) is 29.8 Å². The van der Waals surface area contributed by atoms with Crippen LogP contribution in [0.5, 0.6) is 0 Å². The van der Waals surface area contributed by atoms with Crippen LogP contribution >= 0.6 is 11.5 Å². The fourth-order valence-corrected chi connectivity index (χ4v) is 5.76. The van der Waals surface area contributed by atoms with E-state index in [4.69, 9.17) is 0 Å². The number of anilines is 1. The predicted octanol–water partition coefficient (Wildman–Crippen LogP) is 4.70. The van der Waals surface area contributed by atoms with E-state index in [-0.39, 0.29) is 16.0 Å². The van der Waals surface area contributed by atoms with Crippen LogP contribution in [0.3, 0.4) is 0 Å². The van der Waals surface area contributed by atoms with Gasteiger partial charge in [-0.05, 0) is 19.4 Å². The Labute approximate surface area is 203 Å². The zero-order valence-corrected chi connectivity index (χ0v) is 20.2. The molecule has 1 aromatic heterocycles. The van der Waals surface area contributed by atoms with Gasteiger partial charge in [0.25, 0.3) is 10.0 Å². The molecule has 0 aliphatic carbocycles. The standard InChI is InChI=1S/C19H19F9N4O2S2/c1-11-3-5-13(6-4-11)9-14-29-15(35-30-14)32-8-7-31(10-12(32)2)36(33,34)19(27,28)17(22,23)16(20,21)18(24,25)26/h3-6,12H,7-10H2,1-2H3. The van der Waals surface area contributed by atoms with Crippen molar-refractivity contribution in [1.82, 2.24) is 13.7 Å². The monoisotopic (exact) mass is 570 g/mol. The number of nitrogens with zero attached hydrogens (tertiary/aromatic N) is 4. The molecule has 0 saturated carbocycles. The maximum absolute atomic E-state index is 14.2. The summed E-state index contributed by atoms with van der Waals surface area (Å²) in [6.07, 6.45) is -6.76. The zero-order chi connectivity index (χ0) is 27.3. The molecule has 36 heavy (non-hydrogen) atoms. The van der Waals surface area contributed by atoms with Gasteiger partial charge in [0, 0.05) is 43.6 Å². The molecule has 1 atom stereocenters. The summed E-state index contributed by atoms with van der Waals surface area (Å²) in [6, 6.07) is 6.52. The Hall–Kier alpha value is -2.14. The lowest BCUT2D eigenvalue weighted by Crippen LogP contribution is -2.67. The first-order chi connectivity index (χ1) is 16.3. The molecule has 0 spiro atoms. The van der Waals surface area contributed by atoms with E-state index in [0.29, 0.717) is 12.2 Å². The fourth-order valence-electron chi connectivity index (χ4n) is 3.43. The van der Waals surface area contributed by atoms with Crippen molar-refractivity contribution in [2.75, 3.05) is 24.5 Å². The van der Waals surface area contributed by atoms with Gasteiger partial charge in [-0.3, -0.25) is 0 Å². The molecule has 6 nitrogen and oxygen atoms in total. The normalized spacial score (nSPS) is 19.1. The van der Waals surface area contributed by atoms with Gasteiger partial charge in [0.1, 0.15) is 5.82 Å². The molecule has 202 valence electrons. The van der Waals surface area contributed by atoms with Crippen molar-refractivity contribution in [2.45, 2.75) is 49.6 Å². The molecule has 2 aromatic rings. The molecule has 1 fully saturated rings. The van der Waals surface area contributed by atoms with Crippen LogP contribution in [0, 0.1) is 6.92 Å². The molecular weight excluding hydrogens is 551 g/mol. The number of aromatic nitrogens is 2. The van der Waals surface area contributed by atoms with Crippen molar-refractivity contribution in [2.24, 2.45) is 0 Å². The van der Waals surface area contributed by atoms with E-state index in [0.717, 1.165) is 22.7 Å². The van der Waals surface area contributed by atoms with Gasteiger partial charge >= 0.3 is 23.3 Å². The third-order valence-electron chi connectivity index (χ3n) is 5.56. The number of rotatable bonds is 7. The van der Waals surface area contributed by atoms with E-state index < -0.39 is 52.4 Å². The minimum Gasteiger partial charge on any atom is -0.342 e. The predicted molar refractivity (Wildman–Crippen MR) is 112 cm³/mol. The Balaban J connectivity index is 1.76. The molecule has 1 saturated heterocycles. The van der Waals surface area contributed by atoms with Gasteiger partial charge in [0.05, 0.1) is 0 Å². The highest BCUT2D eigenvalue weighted by Crippen LogP contribution is 2.55. The number of halogens is 9. The molecule has 2 heterocycles. The van der Waals surface area contributed by atoms with Crippen LogP contribution in [-0.2, 0) is 16.4 Å². The van der Waals surface area contributed by atoms with Gasteiger partial charge in [-0.25, -0.2) is 13.4 Å². The molecule has 0 amide bonds. The second-order valence-electron chi connectivity index (χ2n) is 8.22. The zero-order valence-electron chi connectivity index (χ0n) is 18.5. The molecule has 0 N–H and O–H groups in total. The van der Waals surface area contributed by atoms with Crippen molar-refractivity contribution in [3.05, 3.63) is 41.2 Å². The summed E-state index contributed by atoms with van der Waals surface area (Å²) in [6.45, 7) is 1.07. The maximum atomic E-state index is 14.2. The summed E-state index contributed by atoms with van der Waals surface area (Å²) in [4.78, 5) is 5.76. The largest absolute Gasteiger partial charge is 0.460 e. The summed E-state index contributed by atoms with van der Waals surface area (Å²) in [5, 5.41) is -6.48. The van der Waals surface area contributed by atoms with Gasteiger partial charge in [0.2, 0.25) is 5.13 Å². The van der Waals surface area contributed by atoms with Crippen LogP contribution in [0.25, 0.3) is 0 Å². The highest BCUT2D eigenvalue weighted by Gasteiger charge is 2.85. The first-order valence-electron chi connectivity index (χ1n) is 10.2. The SMILES string of the molecule is Cc1ccc(Cc2nsc(N3CCN(S(=O)(=O)C(F)(F)C(F)(F)C(F)(F)C(F)(F)F)CC3C)n2)cc1. The topological polar surface area (TPSA) is 66.4 Å². The molecule has 1 aromatic carbocycles. The first-order valence-corrected chi connectivity index (χ1v) is 12.4. The highest BCUT2D eigenvalue weighted by atomic mass is 32.2. The van der Waals surface area contributed by atoms with Crippen LogP contribution in [0.1, 0.15) is 23.9 Å². The number of piperazine rings is 1. The summed E-state index contributed by atoms with van der Waals surface area (Å²) in [7, 11) is -6.63. The molecule has 1 aliphatic heterocycles. The van der Waals surface area contributed by atoms with Crippen molar-refractivity contribution in [3.63, 3.8) is 0 Å². The third-order valence-corrected chi connectivity index (χ3v) is 8.26.